The lowest BCUT2D eigenvalue weighted by Gasteiger charge is -2.35. The van der Waals surface area contributed by atoms with Gasteiger partial charge in [-0.2, -0.15) is 0 Å². The van der Waals surface area contributed by atoms with Crippen LogP contribution in [-0.4, -0.2) is 12.6 Å². The van der Waals surface area contributed by atoms with Crippen LogP contribution in [0.5, 0.6) is 0 Å². The molecule has 0 amide bonds. The minimum Gasteiger partial charge on any atom is -0.313 e. The molecular formula is C20H31N. The summed E-state index contributed by atoms with van der Waals surface area (Å²) in [7, 11) is 0. The molecule has 0 aliphatic heterocycles. The van der Waals surface area contributed by atoms with Crippen LogP contribution in [0, 0.1) is 5.92 Å². The van der Waals surface area contributed by atoms with Crippen molar-refractivity contribution in [3.63, 3.8) is 0 Å². The van der Waals surface area contributed by atoms with Crippen molar-refractivity contribution in [2.45, 2.75) is 76.2 Å². The average molecular weight is 285 g/mol. The van der Waals surface area contributed by atoms with E-state index in [0.29, 0.717) is 11.5 Å². The zero-order valence-corrected chi connectivity index (χ0v) is 13.6. The molecule has 1 aromatic carbocycles. The first-order valence-corrected chi connectivity index (χ1v) is 9.16. The van der Waals surface area contributed by atoms with E-state index in [4.69, 9.17) is 0 Å². The van der Waals surface area contributed by atoms with E-state index in [1.807, 2.05) is 0 Å². The maximum atomic E-state index is 3.97. The summed E-state index contributed by atoms with van der Waals surface area (Å²) in [5, 5.41) is 3.97. The van der Waals surface area contributed by atoms with Crippen LogP contribution in [-0.2, 0) is 5.41 Å². The molecule has 0 bridgehead atoms. The summed E-state index contributed by atoms with van der Waals surface area (Å²) in [6.45, 7) is 3.47. The molecule has 1 aromatic rings. The molecule has 3 rings (SSSR count). The van der Waals surface area contributed by atoms with E-state index in [1.54, 1.807) is 5.56 Å². The minimum absolute atomic E-state index is 0.450. The van der Waals surface area contributed by atoms with Crippen LogP contribution in [0.1, 0.15) is 70.3 Å². The second kappa shape index (κ2) is 6.96. The van der Waals surface area contributed by atoms with Crippen molar-refractivity contribution in [3.05, 3.63) is 35.9 Å². The molecule has 0 spiro atoms. The average Bonchev–Trinajstić information content (AvgIpc) is 3.34. The highest BCUT2D eigenvalue weighted by Crippen LogP contribution is 2.54. The number of hydrogen-bond donors (Lipinski definition) is 1. The molecule has 2 saturated carbocycles. The summed E-state index contributed by atoms with van der Waals surface area (Å²) in [6.07, 6.45) is 12.7. The van der Waals surface area contributed by atoms with Gasteiger partial charge < -0.3 is 5.32 Å². The Hall–Kier alpha value is -0.820. The second-order valence-corrected chi connectivity index (χ2v) is 7.21. The van der Waals surface area contributed by atoms with E-state index in [9.17, 15) is 0 Å². The molecule has 1 N–H and O–H groups in total. The Morgan fingerprint density at radius 3 is 2.29 bits per heavy atom. The molecule has 0 heterocycles. The first kappa shape index (κ1) is 15.1. The summed E-state index contributed by atoms with van der Waals surface area (Å²) < 4.78 is 0. The van der Waals surface area contributed by atoms with Gasteiger partial charge in [0.1, 0.15) is 0 Å². The van der Waals surface area contributed by atoms with E-state index in [1.165, 1.54) is 64.3 Å². The van der Waals surface area contributed by atoms with Gasteiger partial charge in [-0.05, 0) is 50.1 Å². The van der Waals surface area contributed by atoms with Gasteiger partial charge in [0.15, 0.2) is 0 Å². The summed E-state index contributed by atoms with van der Waals surface area (Å²) in [5.74, 6) is 0.891. The fourth-order valence-corrected chi connectivity index (χ4v) is 4.44. The van der Waals surface area contributed by atoms with E-state index in [0.717, 1.165) is 5.92 Å². The van der Waals surface area contributed by atoms with Crippen LogP contribution in [0.3, 0.4) is 0 Å². The van der Waals surface area contributed by atoms with Gasteiger partial charge in [-0.25, -0.2) is 0 Å². The molecule has 116 valence electrons. The van der Waals surface area contributed by atoms with Gasteiger partial charge in [0.2, 0.25) is 0 Å². The first-order valence-electron chi connectivity index (χ1n) is 9.16. The molecule has 1 nitrogen and oxygen atoms in total. The van der Waals surface area contributed by atoms with Gasteiger partial charge in [-0.3, -0.25) is 0 Å². The van der Waals surface area contributed by atoms with Crippen molar-refractivity contribution >= 4 is 0 Å². The van der Waals surface area contributed by atoms with Gasteiger partial charge in [-0.1, -0.05) is 62.9 Å². The molecule has 0 radical (unpaired) electrons. The Balaban J connectivity index is 1.81. The molecule has 2 fully saturated rings. The fraction of sp³-hybridized carbons (Fsp3) is 0.700. The van der Waals surface area contributed by atoms with Gasteiger partial charge in [-0.15, -0.1) is 0 Å². The van der Waals surface area contributed by atoms with Crippen LogP contribution < -0.4 is 5.32 Å². The molecular weight excluding hydrogens is 254 g/mol. The summed E-state index contributed by atoms with van der Waals surface area (Å²) in [4.78, 5) is 0. The Morgan fingerprint density at radius 2 is 1.71 bits per heavy atom. The molecule has 2 aliphatic rings. The quantitative estimate of drug-likeness (QED) is 0.721. The number of hydrogen-bond acceptors (Lipinski definition) is 1. The third-order valence-electron chi connectivity index (χ3n) is 5.72. The van der Waals surface area contributed by atoms with Crippen molar-refractivity contribution in [3.8, 4) is 0 Å². The monoisotopic (exact) mass is 285 g/mol. The molecule has 21 heavy (non-hydrogen) atoms. The highest BCUT2D eigenvalue weighted by atomic mass is 15.0. The van der Waals surface area contributed by atoms with Crippen LogP contribution in [0.4, 0.5) is 0 Å². The molecule has 1 heteroatoms. The zero-order chi connectivity index (χ0) is 14.5. The Labute approximate surface area is 130 Å². The smallest absolute Gasteiger partial charge is 0.0192 e. The lowest BCUT2D eigenvalue weighted by molar-refractivity contribution is 0.267. The van der Waals surface area contributed by atoms with E-state index in [2.05, 4.69) is 42.6 Å². The first-order chi connectivity index (χ1) is 10.4. The minimum atomic E-state index is 0.450. The Kier molecular flexibility index (Phi) is 5.00. The van der Waals surface area contributed by atoms with Gasteiger partial charge in [0.25, 0.3) is 0 Å². The van der Waals surface area contributed by atoms with Crippen LogP contribution in [0.15, 0.2) is 30.3 Å². The van der Waals surface area contributed by atoms with E-state index < -0.39 is 0 Å². The third kappa shape index (κ3) is 3.34. The van der Waals surface area contributed by atoms with Gasteiger partial charge in [0.05, 0.1) is 0 Å². The molecule has 2 aliphatic carbocycles. The summed E-state index contributed by atoms with van der Waals surface area (Å²) in [6, 6.07) is 12.0. The third-order valence-corrected chi connectivity index (χ3v) is 5.72. The van der Waals surface area contributed by atoms with Gasteiger partial charge >= 0.3 is 0 Å². The Morgan fingerprint density at radius 1 is 1.05 bits per heavy atom. The summed E-state index contributed by atoms with van der Waals surface area (Å²) in [5.41, 5.74) is 2.04. The van der Waals surface area contributed by atoms with Crippen molar-refractivity contribution in [1.29, 1.82) is 0 Å². The van der Waals surface area contributed by atoms with Crippen LogP contribution >= 0.6 is 0 Å². The highest BCUT2D eigenvalue weighted by molar-refractivity contribution is 5.34. The lowest BCUT2D eigenvalue weighted by Crippen LogP contribution is -2.46. The fourth-order valence-electron chi connectivity index (χ4n) is 4.44. The molecule has 0 aromatic heterocycles. The van der Waals surface area contributed by atoms with Crippen LogP contribution in [0.2, 0.25) is 0 Å². The SMILES string of the molecule is CCCNC(C1CCCCCC1)C1(c2ccccc2)CC1. The maximum absolute atomic E-state index is 3.97. The maximum Gasteiger partial charge on any atom is 0.0192 e. The standard InChI is InChI=1S/C20H31N/c1-2-16-21-19(17-10-6-3-4-7-11-17)20(14-15-20)18-12-8-5-9-13-18/h5,8-9,12-13,17,19,21H,2-4,6-7,10-11,14-16H2,1H3. The van der Waals surface area contributed by atoms with Crippen molar-refractivity contribution in [2.75, 3.05) is 6.54 Å². The zero-order valence-electron chi connectivity index (χ0n) is 13.6. The highest BCUT2D eigenvalue weighted by Gasteiger charge is 2.52. The normalized spacial score (nSPS) is 23.5. The van der Waals surface area contributed by atoms with Crippen molar-refractivity contribution in [1.82, 2.24) is 5.32 Å². The topological polar surface area (TPSA) is 12.0 Å². The summed E-state index contributed by atoms with van der Waals surface area (Å²) >= 11 is 0. The van der Waals surface area contributed by atoms with Gasteiger partial charge in [0, 0.05) is 11.5 Å². The van der Waals surface area contributed by atoms with E-state index >= 15 is 0 Å². The predicted octanol–water partition coefficient (Wildman–Crippen LogP) is 5.06. The van der Waals surface area contributed by atoms with Crippen molar-refractivity contribution < 1.29 is 0 Å². The Bertz CT molecular complexity index is 413. The van der Waals surface area contributed by atoms with E-state index in [-0.39, 0.29) is 0 Å². The number of rotatable bonds is 6. The van der Waals surface area contributed by atoms with Crippen molar-refractivity contribution in [2.24, 2.45) is 5.92 Å². The number of nitrogens with one attached hydrogen (secondary N) is 1. The predicted molar refractivity (Wildman–Crippen MR) is 90.6 cm³/mol. The lowest BCUT2D eigenvalue weighted by atomic mass is 9.77. The second-order valence-electron chi connectivity index (χ2n) is 7.21. The number of benzene rings is 1. The largest absolute Gasteiger partial charge is 0.313 e. The molecule has 1 unspecified atom stereocenters. The van der Waals surface area contributed by atoms with Crippen LogP contribution in [0.25, 0.3) is 0 Å². The molecule has 0 saturated heterocycles. The molecule has 1 atom stereocenters.